The molecular weight excluding hydrogens is 236 g/mol. The van der Waals surface area contributed by atoms with Crippen LogP contribution in [0.5, 0.6) is 0 Å². The van der Waals surface area contributed by atoms with Gasteiger partial charge >= 0.3 is 0 Å². The molecule has 0 atom stereocenters. The Labute approximate surface area is 121 Å². The molecule has 118 valence electrons. The summed E-state index contributed by atoms with van der Waals surface area (Å²) in [6.07, 6.45) is 16.8. The zero-order chi connectivity index (χ0) is 14.6. The van der Waals surface area contributed by atoms with E-state index in [0.29, 0.717) is 13.2 Å². The molecule has 0 spiro atoms. The molecule has 0 aliphatic heterocycles. The first-order chi connectivity index (χ1) is 9.33. The van der Waals surface area contributed by atoms with Crippen LogP contribution in [0.25, 0.3) is 0 Å². The van der Waals surface area contributed by atoms with Gasteiger partial charge in [0.25, 0.3) is 0 Å². The van der Waals surface area contributed by atoms with Crippen molar-refractivity contribution < 1.29 is 10.2 Å². The van der Waals surface area contributed by atoms with E-state index in [9.17, 15) is 0 Å². The summed E-state index contributed by atoms with van der Waals surface area (Å²) in [5.74, 6) is 0. The van der Waals surface area contributed by atoms with Gasteiger partial charge in [0.1, 0.15) is 0 Å². The van der Waals surface area contributed by atoms with Crippen LogP contribution in [-0.2, 0) is 0 Å². The van der Waals surface area contributed by atoms with E-state index in [1.807, 2.05) is 0 Å². The van der Waals surface area contributed by atoms with Crippen molar-refractivity contribution in [3.8, 4) is 0 Å². The molecule has 0 rings (SSSR count). The lowest BCUT2D eigenvalue weighted by Gasteiger charge is -2.01. The van der Waals surface area contributed by atoms with E-state index < -0.39 is 0 Å². The van der Waals surface area contributed by atoms with Gasteiger partial charge in [0.15, 0.2) is 0 Å². The molecule has 0 aromatic heterocycles. The first-order valence-corrected chi connectivity index (χ1v) is 8.55. The Morgan fingerprint density at radius 1 is 0.421 bits per heavy atom. The second kappa shape index (κ2) is 23.0. The predicted molar refractivity (Wildman–Crippen MR) is 85.5 cm³/mol. The van der Waals surface area contributed by atoms with Crippen molar-refractivity contribution in [2.75, 3.05) is 13.2 Å². The maximum Gasteiger partial charge on any atom is 0.0431 e. The smallest absolute Gasteiger partial charge is 0.0431 e. The van der Waals surface area contributed by atoms with E-state index in [1.165, 1.54) is 64.2 Å². The lowest BCUT2D eigenvalue weighted by atomic mass is 10.1. The van der Waals surface area contributed by atoms with E-state index in [-0.39, 0.29) is 0 Å². The minimum Gasteiger partial charge on any atom is -0.396 e. The minimum atomic E-state index is 0.344. The Morgan fingerprint density at radius 3 is 1.00 bits per heavy atom. The van der Waals surface area contributed by atoms with Gasteiger partial charge in [0.05, 0.1) is 0 Å². The molecule has 19 heavy (non-hydrogen) atoms. The van der Waals surface area contributed by atoms with Gasteiger partial charge in [0.2, 0.25) is 0 Å². The van der Waals surface area contributed by atoms with E-state index >= 15 is 0 Å². The van der Waals surface area contributed by atoms with Crippen molar-refractivity contribution in [3.63, 3.8) is 0 Å². The fourth-order valence-corrected chi connectivity index (χ4v) is 1.93. The van der Waals surface area contributed by atoms with Crippen molar-refractivity contribution in [2.45, 2.75) is 97.3 Å². The number of aliphatic hydroxyl groups excluding tert-OH is 2. The zero-order valence-corrected chi connectivity index (χ0v) is 13.5. The molecule has 0 aromatic rings. The predicted octanol–water partition coefficient (Wildman–Crippen LogP) is 5.07. The molecule has 0 heterocycles. The molecule has 2 heteroatoms. The first-order valence-electron chi connectivity index (χ1n) is 8.55. The second-order valence-electron chi connectivity index (χ2n) is 5.34. The molecule has 0 bridgehead atoms. The van der Waals surface area contributed by atoms with Crippen molar-refractivity contribution in [1.29, 1.82) is 0 Å². The summed E-state index contributed by atoms with van der Waals surface area (Å²) >= 11 is 0. The van der Waals surface area contributed by atoms with Gasteiger partial charge in [-0.2, -0.15) is 0 Å². The number of hydrogen-bond donors (Lipinski definition) is 2. The van der Waals surface area contributed by atoms with E-state index in [0.717, 1.165) is 19.3 Å². The molecule has 0 fully saturated rings. The Kier molecular flexibility index (Phi) is 25.7. The minimum absolute atomic E-state index is 0.344. The molecular formula is C17H38O2. The first kappa shape index (κ1) is 21.2. The largest absolute Gasteiger partial charge is 0.396 e. The van der Waals surface area contributed by atoms with Crippen molar-refractivity contribution in [1.82, 2.24) is 0 Å². The van der Waals surface area contributed by atoms with Crippen LogP contribution in [0.15, 0.2) is 0 Å². The van der Waals surface area contributed by atoms with Crippen molar-refractivity contribution in [2.24, 2.45) is 0 Å². The molecule has 0 unspecified atom stereocenters. The molecule has 0 aromatic carbocycles. The SMILES string of the molecule is CCCCCCCCCCCCCO.CCCCO. The third kappa shape index (κ3) is 27.2. The number of rotatable bonds is 13. The number of unbranched alkanes of at least 4 members (excludes halogenated alkanes) is 11. The summed E-state index contributed by atoms with van der Waals surface area (Å²) in [5, 5.41) is 16.7. The Hall–Kier alpha value is -0.0800. The Morgan fingerprint density at radius 2 is 0.737 bits per heavy atom. The van der Waals surface area contributed by atoms with Crippen LogP contribution in [0.2, 0.25) is 0 Å². The highest BCUT2D eigenvalue weighted by Gasteiger charge is 1.91. The normalized spacial score (nSPS) is 10.1. The molecule has 2 N–H and O–H groups in total. The lowest BCUT2D eigenvalue weighted by Crippen LogP contribution is -1.84. The van der Waals surface area contributed by atoms with E-state index in [4.69, 9.17) is 10.2 Å². The molecule has 0 saturated carbocycles. The van der Waals surface area contributed by atoms with Crippen LogP contribution in [0.3, 0.4) is 0 Å². The van der Waals surface area contributed by atoms with Gasteiger partial charge in [-0.15, -0.1) is 0 Å². The monoisotopic (exact) mass is 274 g/mol. The molecule has 0 saturated heterocycles. The van der Waals surface area contributed by atoms with Crippen LogP contribution < -0.4 is 0 Å². The highest BCUT2D eigenvalue weighted by Crippen LogP contribution is 2.10. The Balaban J connectivity index is 0. The average molecular weight is 274 g/mol. The van der Waals surface area contributed by atoms with Crippen LogP contribution in [0.4, 0.5) is 0 Å². The van der Waals surface area contributed by atoms with Crippen LogP contribution >= 0.6 is 0 Å². The zero-order valence-electron chi connectivity index (χ0n) is 13.5. The van der Waals surface area contributed by atoms with Gasteiger partial charge in [0, 0.05) is 13.2 Å². The maximum atomic E-state index is 8.59. The highest BCUT2D eigenvalue weighted by molar-refractivity contribution is 4.47. The molecule has 0 aliphatic rings. The standard InChI is InChI=1S/C13H28O.C4H10O/c1-2-3-4-5-6-7-8-9-10-11-12-13-14;1-2-3-4-5/h14H,2-13H2,1H3;5H,2-4H2,1H3. The lowest BCUT2D eigenvalue weighted by molar-refractivity contribution is 0.282. The molecule has 0 radical (unpaired) electrons. The van der Waals surface area contributed by atoms with Crippen molar-refractivity contribution >= 4 is 0 Å². The van der Waals surface area contributed by atoms with Crippen LogP contribution in [0, 0.1) is 0 Å². The molecule has 0 aliphatic carbocycles. The summed E-state index contributed by atoms with van der Waals surface area (Å²) in [6, 6.07) is 0. The topological polar surface area (TPSA) is 40.5 Å². The van der Waals surface area contributed by atoms with Crippen molar-refractivity contribution in [3.05, 3.63) is 0 Å². The average Bonchev–Trinajstić information content (AvgIpc) is 2.43. The summed E-state index contributed by atoms with van der Waals surface area (Å²) in [4.78, 5) is 0. The molecule has 0 amide bonds. The van der Waals surface area contributed by atoms with Gasteiger partial charge in [-0.1, -0.05) is 84.5 Å². The summed E-state index contributed by atoms with van der Waals surface area (Å²) < 4.78 is 0. The van der Waals surface area contributed by atoms with Gasteiger partial charge in [-0.3, -0.25) is 0 Å². The molecule has 2 nitrogen and oxygen atoms in total. The summed E-state index contributed by atoms with van der Waals surface area (Å²) in [5.41, 5.74) is 0. The van der Waals surface area contributed by atoms with E-state index in [1.54, 1.807) is 0 Å². The second-order valence-corrected chi connectivity index (χ2v) is 5.34. The van der Waals surface area contributed by atoms with Gasteiger partial charge in [-0.25, -0.2) is 0 Å². The van der Waals surface area contributed by atoms with Gasteiger partial charge < -0.3 is 10.2 Å². The third-order valence-electron chi connectivity index (χ3n) is 3.27. The van der Waals surface area contributed by atoms with Crippen LogP contribution in [0.1, 0.15) is 97.3 Å². The summed E-state index contributed by atoms with van der Waals surface area (Å²) in [7, 11) is 0. The van der Waals surface area contributed by atoms with Gasteiger partial charge in [-0.05, 0) is 12.8 Å². The fraction of sp³-hybridized carbons (Fsp3) is 1.00. The fourth-order valence-electron chi connectivity index (χ4n) is 1.93. The number of aliphatic hydroxyl groups is 2. The quantitative estimate of drug-likeness (QED) is 0.460. The Bertz CT molecular complexity index is 112. The number of hydrogen-bond acceptors (Lipinski definition) is 2. The van der Waals surface area contributed by atoms with E-state index in [2.05, 4.69) is 13.8 Å². The highest BCUT2D eigenvalue weighted by atomic mass is 16.3. The maximum absolute atomic E-state index is 8.59. The third-order valence-corrected chi connectivity index (χ3v) is 3.27. The van der Waals surface area contributed by atoms with Crippen LogP contribution in [-0.4, -0.2) is 23.4 Å². The summed E-state index contributed by atoms with van der Waals surface area (Å²) in [6.45, 7) is 5.03.